The van der Waals surface area contributed by atoms with Gasteiger partial charge in [-0.2, -0.15) is 0 Å². The molecule has 0 aliphatic heterocycles. The molecule has 1 aromatic heterocycles. The van der Waals surface area contributed by atoms with E-state index in [1.807, 2.05) is 0 Å². The van der Waals surface area contributed by atoms with Crippen LogP contribution in [-0.2, 0) is 20.0 Å². The van der Waals surface area contributed by atoms with E-state index in [4.69, 9.17) is 0 Å². The Balaban J connectivity index is 2.14. The van der Waals surface area contributed by atoms with Gasteiger partial charge in [-0.15, -0.1) is 11.3 Å². The van der Waals surface area contributed by atoms with Gasteiger partial charge in [0.05, 0.1) is 11.9 Å². The van der Waals surface area contributed by atoms with Crippen molar-refractivity contribution in [2.45, 2.75) is 11.1 Å². The number of hydrogen-bond donors (Lipinski definition) is 1. The van der Waals surface area contributed by atoms with Crippen LogP contribution in [0.1, 0.15) is 4.88 Å². The summed E-state index contributed by atoms with van der Waals surface area (Å²) in [7, 11) is -7.48. The first-order valence-electron chi connectivity index (χ1n) is 6.89. The van der Waals surface area contributed by atoms with Gasteiger partial charge in [0.15, 0.2) is 0 Å². The first-order chi connectivity index (χ1) is 11.1. The quantitative estimate of drug-likeness (QED) is 0.781. The largest absolute Gasteiger partial charge is 0.266 e. The van der Waals surface area contributed by atoms with Crippen LogP contribution in [0.4, 0.5) is 10.1 Å². The number of anilines is 1. The number of benzene rings is 1. The molecule has 0 bridgehead atoms. The van der Waals surface area contributed by atoms with E-state index >= 15 is 0 Å². The van der Waals surface area contributed by atoms with Gasteiger partial charge < -0.3 is 0 Å². The Kier molecular flexibility index (Phi) is 5.63. The highest BCUT2D eigenvalue weighted by molar-refractivity contribution is 7.92. The first kappa shape index (κ1) is 18.8. The van der Waals surface area contributed by atoms with Crippen LogP contribution in [0.3, 0.4) is 0 Å². The Morgan fingerprint density at radius 2 is 1.79 bits per heavy atom. The number of hydrogen-bond acceptors (Lipinski definition) is 5. The maximum atomic E-state index is 13.9. The summed E-state index contributed by atoms with van der Waals surface area (Å²) in [4.78, 5) is 0.847. The highest BCUT2D eigenvalue weighted by Crippen LogP contribution is 2.22. The molecule has 2 rings (SSSR count). The molecular formula is C14H17FN2O4S3. The highest BCUT2D eigenvalue weighted by atomic mass is 32.2. The molecular weight excluding hydrogens is 375 g/mol. The van der Waals surface area contributed by atoms with Crippen LogP contribution >= 0.6 is 11.3 Å². The molecule has 1 aromatic carbocycles. The molecule has 6 nitrogen and oxygen atoms in total. The summed E-state index contributed by atoms with van der Waals surface area (Å²) in [6, 6.07) is 8.59. The summed E-state index contributed by atoms with van der Waals surface area (Å²) in [6.07, 6.45) is 0.941. The fraction of sp³-hybridized carbons (Fsp3) is 0.286. The van der Waals surface area contributed by atoms with Crippen molar-refractivity contribution in [1.82, 2.24) is 4.72 Å². The van der Waals surface area contributed by atoms with Gasteiger partial charge in [0.2, 0.25) is 20.0 Å². The zero-order valence-electron chi connectivity index (χ0n) is 13.1. The van der Waals surface area contributed by atoms with Crippen molar-refractivity contribution in [2.75, 3.05) is 23.7 Å². The number of nitrogens with one attached hydrogen (secondary N) is 1. The Labute approximate surface area is 145 Å². The molecule has 0 amide bonds. The molecule has 1 N–H and O–H groups in total. The zero-order valence-corrected chi connectivity index (χ0v) is 15.5. The summed E-state index contributed by atoms with van der Waals surface area (Å²) >= 11 is 1.12. The van der Waals surface area contributed by atoms with Crippen molar-refractivity contribution >= 4 is 37.1 Å². The summed E-state index contributed by atoms with van der Waals surface area (Å²) in [6.45, 7) is 1.39. The molecule has 0 saturated heterocycles. The summed E-state index contributed by atoms with van der Waals surface area (Å²) in [5, 5.41) is 0. The lowest BCUT2D eigenvalue weighted by atomic mass is 10.3. The third-order valence-electron chi connectivity index (χ3n) is 3.11. The fourth-order valence-electron chi connectivity index (χ4n) is 2.03. The van der Waals surface area contributed by atoms with Crippen molar-refractivity contribution in [1.29, 1.82) is 0 Å². The smallest absolute Gasteiger partial charge is 0.250 e. The molecule has 10 heteroatoms. The molecule has 2 aromatic rings. The van der Waals surface area contributed by atoms with Crippen molar-refractivity contribution in [3.8, 4) is 0 Å². The van der Waals surface area contributed by atoms with Gasteiger partial charge in [-0.3, -0.25) is 4.31 Å². The average molecular weight is 392 g/mol. The normalized spacial score (nSPS) is 12.3. The topological polar surface area (TPSA) is 83.6 Å². The van der Waals surface area contributed by atoms with Gasteiger partial charge >= 0.3 is 0 Å². The number of thiophene rings is 1. The van der Waals surface area contributed by atoms with E-state index in [2.05, 4.69) is 4.72 Å². The fourth-order valence-corrected chi connectivity index (χ4v) is 5.31. The van der Waals surface area contributed by atoms with Crippen molar-refractivity contribution in [3.63, 3.8) is 0 Å². The summed E-state index contributed by atoms with van der Waals surface area (Å²) < 4.78 is 65.2. The number of aryl methyl sites for hydroxylation is 1. The molecule has 132 valence electrons. The molecule has 0 radical (unpaired) electrons. The van der Waals surface area contributed by atoms with Crippen molar-refractivity contribution < 1.29 is 21.2 Å². The molecule has 0 aliphatic rings. The van der Waals surface area contributed by atoms with Crippen LogP contribution in [-0.4, -0.2) is 36.2 Å². The van der Waals surface area contributed by atoms with Crippen LogP contribution in [0.2, 0.25) is 0 Å². The van der Waals surface area contributed by atoms with E-state index in [9.17, 15) is 21.2 Å². The van der Waals surface area contributed by atoms with Crippen molar-refractivity contribution in [3.05, 3.63) is 47.1 Å². The lowest BCUT2D eigenvalue weighted by molar-refractivity contribution is 0.577. The second-order valence-electron chi connectivity index (χ2n) is 5.05. The second kappa shape index (κ2) is 7.18. The number of nitrogens with zero attached hydrogens (tertiary/aromatic N) is 1. The number of sulfonamides is 2. The Morgan fingerprint density at radius 3 is 2.33 bits per heavy atom. The maximum Gasteiger partial charge on any atom is 0.250 e. The van der Waals surface area contributed by atoms with Gasteiger partial charge in [0.25, 0.3) is 0 Å². The lowest BCUT2D eigenvalue weighted by Crippen LogP contribution is -2.38. The minimum Gasteiger partial charge on any atom is -0.266 e. The lowest BCUT2D eigenvalue weighted by Gasteiger charge is -2.22. The molecule has 0 fully saturated rings. The molecule has 0 spiro atoms. The third-order valence-corrected chi connectivity index (χ3v) is 7.24. The summed E-state index contributed by atoms with van der Waals surface area (Å²) in [5.74, 6) is -0.695. The predicted octanol–water partition coefficient (Wildman–Crippen LogP) is 1.94. The molecule has 0 unspecified atom stereocenters. The van der Waals surface area contributed by atoms with Crippen LogP contribution in [0.15, 0.2) is 40.6 Å². The molecule has 0 aliphatic carbocycles. The molecule has 0 saturated carbocycles. The van der Waals surface area contributed by atoms with Crippen LogP contribution in [0, 0.1) is 12.7 Å². The van der Waals surface area contributed by atoms with Crippen LogP contribution in [0.25, 0.3) is 0 Å². The van der Waals surface area contributed by atoms with Gasteiger partial charge in [0, 0.05) is 18.0 Å². The standard InChI is InChI=1S/C14H17FN2O4S3/c1-11-7-8-14(22-11)24(20,21)16-9-10-17(23(2,18)19)13-6-4-3-5-12(13)15/h3-8,16H,9-10H2,1-2H3. The highest BCUT2D eigenvalue weighted by Gasteiger charge is 2.22. The van der Waals surface area contributed by atoms with E-state index < -0.39 is 25.9 Å². The third kappa shape index (κ3) is 4.53. The van der Waals surface area contributed by atoms with E-state index in [-0.39, 0.29) is 23.0 Å². The minimum atomic E-state index is -3.76. The van der Waals surface area contributed by atoms with E-state index in [1.165, 1.54) is 24.3 Å². The van der Waals surface area contributed by atoms with Crippen LogP contribution < -0.4 is 9.03 Å². The average Bonchev–Trinajstić information content (AvgIpc) is 2.91. The zero-order chi connectivity index (χ0) is 18.0. The first-order valence-corrected chi connectivity index (χ1v) is 11.0. The van der Waals surface area contributed by atoms with Crippen molar-refractivity contribution in [2.24, 2.45) is 0 Å². The predicted molar refractivity (Wildman–Crippen MR) is 92.8 cm³/mol. The number of rotatable bonds is 7. The molecule has 0 atom stereocenters. The van der Waals surface area contributed by atoms with Crippen LogP contribution in [0.5, 0.6) is 0 Å². The molecule has 1 heterocycles. The second-order valence-corrected chi connectivity index (χ2v) is 10.2. The van der Waals surface area contributed by atoms with Gasteiger partial charge in [0.1, 0.15) is 10.0 Å². The minimum absolute atomic E-state index is 0.119. The Hall–Kier alpha value is -1.49. The number of halogens is 1. The summed E-state index contributed by atoms with van der Waals surface area (Å²) in [5.41, 5.74) is -0.119. The van der Waals surface area contributed by atoms with Gasteiger partial charge in [-0.25, -0.2) is 25.9 Å². The molecule has 24 heavy (non-hydrogen) atoms. The Bertz CT molecular complexity index is 923. The van der Waals surface area contributed by atoms with Gasteiger partial charge in [-0.1, -0.05) is 12.1 Å². The van der Waals surface area contributed by atoms with E-state index in [0.29, 0.717) is 0 Å². The Morgan fingerprint density at radius 1 is 1.12 bits per heavy atom. The van der Waals surface area contributed by atoms with E-state index in [0.717, 1.165) is 32.8 Å². The number of para-hydroxylation sites is 1. The van der Waals surface area contributed by atoms with E-state index in [1.54, 1.807) is 13.0 Å². The maximum absolute atomic E-state index is 13.9. The van der Waals surface area contributed by atoms with Gasteiger partial charge in [-0.05, 0) is 31.2 Å². The SMILES string of the molecule is Cc1ccc(S(=O)(=O)NCCN(c2ccccc2F)S(C)(=O)=O)s1. The monoisotopic (exact) mass is 392 g/mol.